The second kappa shape index (κ2) is 11.2. The zero-order valence-corrected chi connectivity index (χ0v) is 17.4. The van der Waals surface area contributed by atoms with Crippen LogP contribution in [-0.4, -0.2) is 34.7 Å². The number of hydrogen-bond acceptors (Lipinski definition) is 8. The molecule has 3 rings (SSSR count). The Kier molecular flexibility index (Phi) is 7.84. The minimum Gasteiger partial charge on any atom is -0.410 e. The van der Waals surface area contributed by atoms with Crippen molar-refractivity contribution in [1.82, 2.24) is 15.5 Å². The zero-order chi connectivity index (χ0) is 22.8. The third-order valence-electron chi connectivity index (χ3n) is 4.16. The molecule has 0 aliphatic rings. The molecule has 0 bridgehead atoms. The number of hydrazine groups is 2. The largest absolute Gasteiger partial charge is 0.418 e. The number of oxime groups is 1. The summed E-state index contributed by atoms with van der Waals surface area (Å²) < 4.78 is 5.19. The standard InChI is InChI=1S/C22H23N7O3/c1-29(28-24)21(23)20(16-9-4-2-5-10-16)27-31-15-17-11-8-14-19(25-17)26-22(30)32-18-12-6-3-7-13-18/h2-14,23,28H,15,24H2,1H3,(H,25,26,30)/b23-21?,27-20-. The first-order chi connectivity index (χ1) is 15.6. The van der Waals surface area contributed by atoms with Crippen molar-refractivity contribution in [2.75, 3.05) is 12.4 Å². The van der Waals surface area contributed by atoms with Gasteiger partial charge in [0.05, 0.1) is 5.69 Å². The van der Waals surface area contributed by atoms with Crippen molar-refractivity contribution in [3.63, 3.8) is 0 Å². The normalized spacial score (nSPS) is 10.9. The van der Waals surface area contributed by atoms with Gasteiger partial charge in [-0.05, 0) is 24.3 Å². The number of amides is 1. The number of likely N-dealkylation sites (N-methyl/N-ethyl adjacent to an activating group) is 1. The second-order valence-corrected chi connectivity index (χ2v) is 6.46. The number of rotatable bonds is 8. The molecule has 0 saturated carbocycles. The number of nitrogens with one attached hydrogen (secondary N) is 3. The predicted molar refractivity (Wildman–Crippen MR) is 121 cm³/mol. The summed E-state index contributed by atoms with van der Waals surface area (Å²) in [6.45, 7) is 0.0205. The van der Waals surface area contributed by atoms with Crippen molar-refractivity contribution in [2.45, 2.75) is 6.61 Å². The Hall–Kier alpha value is -4.28. The van der Waals surface area contributed by atoms with Crippen molar-refractivity contribution in [3.8, 4) is 5.75 Å². The van der Waals surface area contributed by atoms with Crippen LogP contribution in [0.1, 0.15) is 11.3 Å². The van der Waals surface area contributed by atoms with Crippen molar-refractivity contribution in [1.29, 1.82) is 5.41 Å². The van der Waals surface area contributed by atoms with Crippen LogP contribution in [0.3, 0.4) is 0 Å². The summed E-state index contributed by atoms with van der Waals surface area (Å²) >= 11 is 0. The van der Waals surface area contributed by atoms with E-state index in [-0.39, 0.29) is 18.2 Å². The maximum atomic E-state index is 12.0. The van der Waals surface area contributed by atoms with Crippen LogP contribution in [0.5, 0.6) is 5.75 Å². The zero-order valence-electron chi connectivity index (χ0n) is 17.4. The molecule has 0 aliphatic carbocycles. The number of hydrogen-bond donors (Lipinski definition) is 4. The molecule has 5 N–H and O–H groups in total. The molecule has 0 spiro atoms. The number of carbonyl (C=O) groups is 1. The fraction of sp³-hybridized carbons (Fsp3) is 0.0909. The van der Waals surface area contributed by atoms with Crippen LogP contribution in [0.4, 0.5) is 10.6 Å². The number of aromatic nitrogens is 1. The molecular weight excluding hydrogens is 410 g/mol. The summed E-state index contributed by atoms with van der Waals surface area (Å²) in [6.07, 6.45) is -0.656. The molecule has 10 nitrogen and oxygen atoms in total. The average molecular weight is 433 g/mol. The Morgan fingerprint density at radius 2 is 1.75 bits per heavy atom. The van der Waals surface area contributed by atoms with Crippen LogP contribution >= 0.6 is 0 Å². The SMILES string of the molecule is CN(NN)C(=N)/C(=N\OCc1cccc(NC(=O)Oc2ccccc2)n1)c1ccccc1. The quantitative estimate of drug-likeness (QED) is 0.185. The van der Waals surface area contributed by atoms with Crippen LogP contribution in [0, 0.1) is 5.41 Å². The molecule has 32 heavy (non-hydrogen) atoms. The first-order valence-electron chi connectivity index (χ1n) is 9.61. The fourth-order valence-electron chi connectivity index (χ4n) is 2.57. The molecule has 0 unspecified atom stereocenters. The average Bonchev–Trinajstić information content (AvgIpc) is 2.82. The highest BCUT2D eigenvalue weighted by Gasteiger charge is 2.15. The molecule has 1 heterocycles. The van der Waals surface area contributed by atoms with E-state index >= 15 is 0 Å². The van der Waals surface area contributed by atoms with E-state index in [4.69, 9.17) is 20.8 Å². The second-order valence-electron chi connectivity index (χ2n) is 6.46. The van der Waals surface area contributed by atoms with Crippen molar-refractivity contribution in [2.24, 2.45) is 11.0 Å². The Balaban J connectivity index is 1.65. The summed E-state index contributed by atoms with van der Waals surface area (Å²) in [7, 11) is 1.59. The summed E-state index contributed by atoms with van der Waals surface area (Å²) in [5, 5.41) is 16.3. The topological polar surface area (TPSA) is 138 Å². The first kappa shape index (κ1) is 22.4. The smallest absolute Gasteiger partial charge is 0.410 e. The van der Waals surface area contributed by atoms with Crippen LogP contribution in [0.15, 0.2) is 84.0 Å². The van der Waals surface area contributed by atoms with Gasteiger partial charge in [-0.1, -0.05) is 59.8 Å². The molecule has 0 atom stereocenters. The van der Waals surface area contributed by atoms with E-state index in [0.29, 0.717) is 22.8 Å². The molecule has 1 amide bonds. The van der Waals surface area contributed by atoms with Crippen LogP contribution in [-0.2, 0) is 11.4 Å². The van der Waals surface area contributed by atoms with E-state index in [9.17, 15) is 4.79 Å². The van der Waals surface area contributed by atoms with Crippen molar-refractivity contribution >= 4 is 23.5 Å². The monoisotopic (exact) mass is 433 g/mol. The van der Waals surface area contributed by atoms with Gasteiger partial charge in [0.1, 0.15) is 11.6 Å². The third kappa shape index (κ3) is 6.36. The molecule has 164 valence electrons. The molecule has 2 aromatic carbocycles. The number of ether oxygens (including phenoxy) is 1. The Labute approximate surface area is 185 Å². The lowest BCUT2D eigenvalue weighted by Crippen LogP contribution is -2.46. The lowest BCUT2D eigenvalue weighted by Gasteiger charge is -2.18. The number of nitrogens with zero attached hydrogens (tertiary/aromatic N) is 3. The molecule has 0 fully saturated rings. The van der Waals surface area contributed by atoms with Gasteiger partial charge in [0.15, 0.2) is 18.2 Å². The molecule has 3 aromatic rings. The van der Waals surface area contributed by atoms with Gasteiger partial charge in [-0.15, -0.1) is 0 Å². The van der Waals surface area contributed by atoms with Gasteiger partial charge in [-0.2, -0.15) is 5.53 Å². The number of nitrogens with two attached hydrogens (primary N) is 1. The van der Waals surface area contributed by atoms with Gasteiger partial charge in [0.25, 0.3) is 0 Å². The number of benzene rings is 2. The van der Waals surface area contributed by atoms with E-state index in [0.717, 1.165) is 0 Å². The molecule has 10 heteroatoms. The summed E-state index contributed by atoms with van der Waals surface area (Å²) in [6, 6.07) is 22.9. The summed E-state index contributed by atoms with van der Waals surface area (Å²) in [5.74, 6) is 6.14. The predicted octanol–water partition coefficient (Wildman–Crippen LogP) is 2.90. The minimum absolute atomic E-state index is 0.0192. The van der Waals surface area contributed by atoms with Gasteiger partial charge in [0.2, 0.25) is 0 Å². The van der Waals surface area contributed by atoms with Crippen molar-refractivity contribution < 1.29 is 14.4 Å². The number of carbonyl (C=O) groups excluding carboxylic acids is 1. The van der Waals surface area contributed by atoms with Gasteiger partial charge >= 0.3 is 6.09 Å². The molecule has 0 saturated heterocycles. The van der Waals surface area contributed by atoms with Gasteiger partial charge in [-0.25, -0.2) is 9.78 Å². The lowest BCUT2D eigenvalue weighted by atomic mass is 10.1. The summed E-state index contributed by atoms with van der Waals surface area (Å²) in [5.41, 5.74) is 3.87. The summed E-state index contributed by atoms with van der Waals surface area (Å²) in [4.78, 5) is 21.8. The maximum absolute atomic E-state index is 12.0. The van der Waals surface area contributed by atoms with Gasteiger partial charge < -0.3 is 9.57 Å². The Bertz CT molecular complexity index is 1080. The van der Waals surface area contributed by atoms with Gasteiger partial charge in [-0.3, -0.25) is 21.6 Å². The maximum Gasteiger partial charge on any atom is 0.418 e. The Morgan fingerprint density at radius 1 is 1.06 bits per heavy atom. The number of para-hydroxylation sites is 1. The van der Waals surface area contributed by atoms with E-state index in [1.54, 1.807) is 49.5 Å². The van der Waals surface area contributed by atoms with E-state index < -0.39 is 6.09 Å². The van der Waals surface area contributed by atoms with E-state index in [2.05, 4.69) is 21.0 Å². The highest BCUT2D eigenvalue weighted by atomic mass is 16.6. The number of amidine groups is 1. The third-order valence-corrected chi connectivity index (χ3v) is 4.16. The van der Waals surface area contributed by atoms with Gasteiger partial charge in [0, 0.05) is 12.6 Å². The number of pyridine rings is 1. The molecule has 1 aromatic heterocycles. The van der Waals surface area contributed by atoms with E-state index in [1.807, 2.05) is 36.4 Å². The highest BCUT2D eigenvalue weighted by Crippen LogP contribution is 2.12. The molecular formula is C22H23N7O3. The van der Waals surface area contributed by atoms with Crippen molar-refractivity contribution in [3.05, 3.63) is 90.1 Å². The molecule has 0 radical (unpaired) electrons. The first-order valence-corrected chi connectivity index (χ1v) is 9.61. The molecule has 0 aliphatic heterocycles. The van der Waals surface area contributed by atoms with Crippen LogP contribution in [0.2, 0.25) is 0 Å². The minimum atomic E-state index is -0.656. The lowest BCUT2D eigenvalue weighted by molar-refractivity contribution is 0.128. The Morgan fingerprint density at radius 3 is 2.44 bits per heavy atom. The van der Waals surface area contributed by atoms with Crippen LogP contribution in [0.25, 0.3) is 0 Å². The van der Waals surface area contributed by atoms with Crippen LogP contribution < -0.4 is 21.4 Å². The van der Waals surface area contributed by atoms with E-state index in [1.165, 1.54) is 5.01 Å². The number of anilines is 1. The fourth-order valence-corrected chi connectivity index (χ4v) is 2.57. The highest BCUT2D eigenvalue weighted by molar-refractivity contribution is 6.46.